The number of ketones is 1. The highest BCUT2D eigenvalue weighted by Crippen LogP contribution is 2.32. The molecule has 20 heavy (non-hydrogen) atoms. The standard InChI is InChI=1S/C15H12F2O3/c1-19-13-5-3-4-10(15(13)20-2)14(18)9-6-7-11(16)12(17)8-9/h3-8H,1-2H3. The maximum absolute atomic E-state index is 13.2. The normalized spacial score (nSPS) is 10.2. The van der Waals surface area contributed by atoms with E-state index in [4.69, 9.17) is 9.47 Å². The maximum Gasteiger partial charge on any atom is 0.197 e. The van der Waals surface area contributed by atoms with Gasteiger partial charge in [0.25, 0.3) is 0 Å². The Morgan fingerprint density at radius 3 is 2.35 bits per heavy atom. The molecule has 0 aliphatic heterocycles. The number of hydrogen-bond donors (Lipinski definition) is 0. The summed E-state index contributed by atoms with van der Waals surface area (Å²) in [5.74, 6) is -1.90. The van der Waals surface area contributed by atoms with Crippen molar-refractivity contribution in [1.29, 1.82) is 0 Å². The van der Waals surface area contributed by atoms with Crippen molar-refractivity contribution in [3.05, 3.63) is 59.2 Å². The molecule has 0 radical (unpaired) electrons. The maximum atomic E-state index is 13.2. The molecule has 0 aliphatic carbocycles. The Labute approximate surface area is 114 Å². The number of ether oxygens (including phenoxy) is 2. The van der Waals surface area contributed by atoms with Gasteiger partial charge in [-0.25, -0.2) is 8.78 Å². The van der Waals surface area contributed by atoms with E-state index in [1.807, 2.05) is 0 Å². The van der Waals surface area contributed by atoms with Crippen LogP contribution in [0.25, 0.3) is 0 Å². The monoisotopic (exact) mass is 278 g/mol. The van der Waals surface area contributed by atoms with Gasteiger partial charge in [0.1, 0.15) is 0 Å². The molecule has 2 rings (SSSR count). The number of halogens is 2. The Balaban J connectivity index is 2.50. The first-order chi connectivity index (χ1) is 9.58. The number of para-hydroxylation sites is 1. The molecule has 0 saturated carbocycles. The summed E-state index contributed by atoms with van der Waals surface area (Å²) in [5, 5.41) is 0. The van der Waals surface area contributed by atoms with Crippen molar-refractivity contribution in [3.63, 3.8) is 0 Å². The molecule has 0 spiro atoms. The quantitative estimate of drug-likeness (QED) is 0.806. The van der Waals surface area contributed by atoms with Crippen molar-refractivity contribution in [2.24, 2.45) is 0 Å². The average Bonchev–Trinajstić information content (AvgIpc) is 2.48. The lowest BCUT2D eigenvalue weighted by molar-refractivity contribution is 0.103. The van der Waals surface area contributed by atoms with Crippen LogP contribution in [0.4, 0.5) is 8.78 Å². The van der Waals surface area contributed by atoms with Gasteiger partial charge in [0.15, 0.2) is 28.9 Å². The van der Waals surface area contributed by atoms with Gasteiger partial charge in [-0.2, -0.15) is 0 Å². The van der Waals surface area contributed by atoms with E-state index < -0.39 is 17.4 Å². The fourth-order valence-electron chi connectivity index (χ4n) is 1.86. The predicted molar refractivity (Wildman–Crippen MR) is 69.3 cm³/mol. The van der Waals surface area contributed by atoms with Gasteiger partial charge in [-0.3, -0.25) is 4.79 Å². The van der Waals surface area contributed by atoms with Crippen LogP contribution in [0.3, 0.4) is 0 Å². The first-order valence-electron chi connectivity index (χ1n) is 5.79. The molecule has 0 bridgehead atoms. The fourth-order valence-corrected chi connectivity index (χ4v) is 1.86. The molecule has 3 nitrogen and oxygen atoms in total. The molecule has 0 N–H and O–H groups in total. The van der Waals surface area contributed by atoms with Crippen molar-refractivity contribution >= 4 is 5.78 Å². The van der Waals surface area contributed by atoms with Crippen LogP contribution in [0.1, 0.15) is 15.9 Å². The topological polar surface area (TPSA) is 35.5 Å². The van der Waals surface area contributed by atoms with Gasteiger partial charge in [-0.05, 0) is 30.3 Å². The van der Waals surface area contributed by atoms with Crippen molar-refractivity contribution in [3.8, 4) is 11.5 Å². The molecule has 5 heteroatoms. The lowest BCUT2D eigenvalue weighted by Gasteiger charge is -2.11. The van der Waals surface area contributed by atoms with Gasteiger partial charge >= 0.3 is 0 Å². The van der Waals surface area contributed by atoms with E-state index in [1.54, 1.807) is 12.1 Å². The third-order valence-corrected chi connectivity index (χ3v) is 2.83. The molecule has 0 heterocycles. The molecule has 0 aliphatic rings. The van der Waals surface area contributed by atoms with Crippen LogP contribution in [0, 0.1) is 11.6 Å². The molecule has 0 aromatic heterocycles. The number of hydrogen-bond acceptors (Lipinski definition) is 3. The van der Waals surface area contributed by atoms with Crippen LogP contribution >= 0.6 is 0 Å². The molecule has 0 unspecified atom stereocenters. The first kappa shape index (κ1) is 14.0. The molecule has 0 fully saturated rings. The van der Waals surface area contributed by atoms with Gasteiger partial charge in [0, 0.05) is 5.56 Å². The lowest BCUT2D eigenvalue weighted by Crippen LogP contribution is -2.06. The molecular weight excluding hydrogens is 266 g/mol. The smallest absolute Gasteiger partial charge is 0.197 e. The number of benzene rings is 2. The highest BCUT2D eigenvalue weighted by atomic mass is 19.2. The highest BCUT2D eigenvalue weighted by Gasteiger charge is 2.19. The Morgan fingerprint density at radius 1 is 1.00 bits per heavy atom. The third-order valence-electron chi connectivity index (χ3n) is 2.83. The molecule has 0 atom stereocenters. The van der Waals surface area contributed by atoms with E-state index in [0.717, 1.165) is 12.1 Å². The van der Waals surface area contributed by atoms with Crippen LogP contribution < -0.4 is 9.47 Å². The third kappa shape index (κ3) is 2.47. The van der Waals surface area contributed by atoms with Gasteiger partial charge in [0.05, 0.1) is 19.8 Å². The summed E-state index contributed by atoms with van der Waals surface area (Å²) in [7, 11) is 2.85. The van der Waals surface area contributed by atoms with E-state index in [1.165, 1.54) is 26.4 Å². The van der Waals surface area contributed by atoms with E-state index >= 15 is 0 Å². The minimum atomic E-state index is -1.07. The summed E-state index contributed by atoms with van der Waals surface area (Å²) < 4.78 is 36.3. The summed E-state index contributed by atoms with van der Waals surface area (Å²) in [6.07, 6.45) is 0. The number of carbonyl (C=O) groups excluding carboxylic acids is 1. The number of rotatable bonds is 4. The zero-order chi connectivity index (χ0) is 14.7. The van der Waals surface area contributed by atoms with Gasteiger partial charge in [-0.15, -0.1) is 0 Å². The molecule has 0 amide bonds. The van der Waals surface area contributed by atoms with Crippen LogP contribution in [-0.2, 0) is 0 Å². The SMILES string of the molecule is COc1cccc(C(=O)c2ccc(F)c(F)c2)c1OC. The predicted octanol–water partition coefficient (Wildman–Crippen LogP) is 3.21. The van der Waals surface area contributed by atoms with Crippen LogP contribution in [0.5, 0.6) is 11.5 Å². The Hall–Kier alpha value is -2.43. The summed E-state index contributed by atoms with van der Waals surface area (Å²) in [6, 6.07) is 7.78. The van der Waals surface area contributed by atoms with Gasteiger partial charge in [0.2, 0.25) is 0 Å². The Kier molecular flexibility index (Phi) is 3.98. The van der Waals surface area contributed by atoms with E-state index in [9.17, 15) is 13.6 Å². The average molecular weight is 278 g/mol. The Morgan fingerprint density at radius 2 is 1.75 bits per heavy atom. The van der Waals surface area contributed by atoms with E-state index in [0.29, 0.717) is 5.75 Å². The summed E-state index contributed by atoms with van der Waals surface area (Å²) in [4.78, 5) is 12.3. The summed E-state index contributed by atoms with van der Waals surface area (Å²) >= 11 is 0. The van der Waals surface area contributed by atoms with Crippen molar-refractivity contribution in [1.82, 2.24) is 0 Å². The van der Waals surface area contributed by atoms with Gasteiger partial charge < -0.3 is 9.47 Å². The molecule has 2 aromatic carbocycles. The fraction of sp³-hybridized carbons (Fsp3) is 0.133. The molecule has 2 aromatic rings. The van der Waals surface area contributed by atoms with Crippen molar-refractivity contribution in [2.75, 3.05) is 14.2 Å². The highest BCUT2D eigenvalue weighted by molar-refractivity contribution is 6.11. The molecule has 0 saturated heterocycles. The Bertz CT molecular complexity index is 654. The first-order valence-corrected chi connectivity index (χ1v) is 5.79. The number of methoxy groups -OCH3 is 2. The summed E-state index contributed by atoms with van der Waals surface area (Å²) in [6.45, 7) is 0. The second kappa shape index (κ2) is 5.69. The minimum Gasteiger partial charge on any atom is -0.493 e. The zero-order valence-corrected chi connectivity index (χ0v) is 10.9. The van der Waals surface area contributed by atoms with Gasteiger partial charge in [-0.1, -0.05) is 6.07 Å². The lowest BCUT2D eigenvalue weighted by atomic mass is 10.0. The van der Waals surface area contributed by atoms with Crippen LogP contribution in [0.2, 0.25) is 0 Å². The summed E-state index contributed by atoms with van der Waals surface area (Å²) in [5.41, 5.74) is 0.258. The van der Waals surface area contributed by atoms with E-state index in [-0.39, 0.29) is 16.9 Å². The van der Waals surface area contributed by atoms with Crippen molar-refractivity contribution < 1.29 is 23.0 Å². The van der Waals surface area contributed by atoms with E-state index in [2.05, 4.69) is 0 Å². The number of carbonyl (C=O) groups is 1. The molecular formula is C15H12F2O3. The largest absolute Gasteiger partial charge is 0.493 e. The van der Waals surface area contributed by atoms with Crippen LogP contribution in [-0.4, -0.2) is 20.0 Å². The van der Waals surface area contributed by atoms with Crippen molar-refractivity contribution in [2.45, 2.75) is 0 Å². The second-order valence-electron chi connectivity index (χ2n) is 4.00. The molecule has 104 valence electrons. The zero-order valence-electron chi connectivity index (χ0n) is 10.9. The minimum absolute atomic E-state index is 0.0375. The second-order valence-corrected chi connectivity index (χ2v) is 4.00. The van der Waals surface area contributed by atoms with Crippen LogP contribution in [0.15, 0.2) is 36.4 Å².